The van der Waals surface area contributed by atoms with Crippen molar-refractivity contribution in [3.63, 3.8) is 0 Å². The molecule has 0 aliphatic carbocycles. The number of alkyl carbamates (subject to hydrolysis) is 1. The first-order valence-electron chi connectivity index (χ1n) is 19.1. The Morgan fingerprint density at radius 1 is 0.593 bits per heavy atom. The van der Waals surface area contributed by atoms with Crippen molar-refractivity contribution in [2.75, 3.05) is 19.8 Å². The molecule has 6 rings (SSSR count). The smallest absolute Gasteiger partial charge is 0.407 e. The third-order valence-electron chi connectivity index (χ3n) is 9.61. The van der Waals surface area contributed by atoms with Gasteiger partial charge in [0.05, 0.1) is 39.6 Å². The van der Waals surface area contributed by atoms with Crippen LogP contribution in [-0.4, -0.2) is 106 Å². The molecule has 4 aromatic carbocycles. The second kappa shape index (κ2) is 22.5. The zero-order valence-corrected chi connectivity index (χ0v) is 34.2. The normalized spacial score (nSPS) is 27.2. The van der Waals surface area contributed by atoms with Crippen LogP contribution in [-0.2, 0) is 64.3 Å². The SMILES string of the molecule is O=C(N[C@H]1[C@H](O[C@H]2[C@H](OCc3ccccc3)[C@@H](OCc3ccccc3)[C@H](O)O[C@@H]2COCc2ccccc2)O[C@H](COCc2ccccc2)[C@H](O)[C@@H]1O)OCC(Cl)(Cl)Cl. The van der Waals surface area contributed by atoms with Gasteiger partial charge in [0.2, 0.25) is 3.79 Å². The molecule has 2 saturated heterocycles. The van der Waals surface area contributed by atoms with E-state index in [-0.39, 0.29) is 39.6 Å². The molecule has 2 aliphatic rings. The first kappa shape index (κ1) is 45.2. The van der Waals surface area contributed by atoms with Crippen LogP contribution in [0.15, 0.2) is 121 Å². The van der Waals surface area contributed by atoms with E-state index in [1.54, 1.807) is 0 Å². The molecule has 4 N–H and O–H groups in total. The van der Waals surface area contributed by atoms with Crippen molar-refractivity contribution in [3.05, 3.63) is 144 Å². The Hall–Kier alpha value is -3.38. The average Bonchev–Trinajstić information content (AvgIpc) is 3.24. The number of aliphatic hydroxyl groups excluding tert-OH is 3. The molecule has 13 nitrogen and oxygen atoms in total. The van der Waals surface area contributed by atoms with E-state index in [0.717, 1.165) is 22.3 Å². The Bertz CT molecular complexity index is 1810. The number of halogens is 3. The number of amides is 1. The van der Waals surface area contributed by atoms with Crippen LogP contribution in [0.4, 0.5) is 4.79 Å². The Labute approximate surface area is 357 Å². The number of alkyl halides is 3. The number of aliphatic hydroxyl groups is 3. The summed E-state index contributed by atoms with van der Waals surface area (Å²) in [5, 5.41) is 37.0. The summed E-state index contributed by atoms with van der Waals surface area (Å²) < 4.78 is 47.4. The maximum Gasteiger partial charge on any atom is 0.407 e. The van der Waals surface area contributed by atoms with Gasteiger partial charge in [0.15, 0.2) is 12.6 Å². The van der Waals surface area contributed by atoms with Crippen molar-refractivity contribution in [2.45, 2.75) is 91.6 Å². The predicted octanol–water partition coefficient (Wildman–Crippen LogP) is 5.60. The minimum Gasteiger partial charge on any atom is -0.445 e. The second-order valence-corrected chi connectivity index (χ2v) is 16.6. The summed E-state index contributed by atoms with van der Waals surface area (Å²) in [7, 11) is 0. The standard InChI is InChI=1S/C43H48Cl3NO12/c44-43(45,46)27-56-42(51)47-34-36(49)35(48)32(25-52-21-28-13-5-1-6-14-28)58-41(34)59-37-33(26-53-22-29-15-7-2-8-16-29)57-40(50)39(55-24-31-19-11-4-12-20-31)38(37)54-23-30-17-9-3-10-18-30/h1-20,32-41,48-50H,21-27H2,(H,47,51)/t32-,33-,34-,35+,36-,37-,38+,39-,40-,41+/m1/s1. The van der Waals surface area contributed by atoms with E-state index in [0.29, 0.717) is 0 Å². The molecule has 1 amide bonds. The van der Waals surface area contributed by atoms with Crippen LogP contribution in [0.5, 0.6) is 0 Å². The fourth-order valence-corrected chi connectivity index (χ4v) is 6.81. The van der Waals surface area contributed by atoms with Gasteiger partial charge in [-0.25, -0.2) is 4.79 Å². The van der Waals surface area contributed by atoms with E-state index < -0.39 is 77.8 Å². The summed E-state index contributed by atoms with van der Waals surface area (Å²) >= 11 is 17.5. The second-order valence-electron chi connectivity index (χ2n) is 14.1. The first-order chi connectivity index (χ1) is 28.5. The molecule has 0 spiro atoms. The summed E-state index contributed by atoms with van der Waals surface area (Å²) in [6.45, 7) is -0.334. The van der Waals surface area contributed by atoms with Gasteiger partial charge in [-0.1, -0.05) is 156 Å². The first-order valence-corrected chi connectivity index (χ1v) is 20.2. The summed E-state index contributed by atoms with van der Waals surface area (Å²) in [6, 6.07) is 36.2. The average molecular weight is 877 g/mol. The topological polar surface area (TPSA) is 164 Å². The molecule has 0 saturated carbocycles. The molecule has 318 valence electrons. The minimum atomic E-state index is -1.93. The number of hydrogen-bond donors (Lipinski definition) is 4. The quantitative estimate of drug-likeness (QED) is 0.0917. The Balaban J connectivity index is 1.30. The van der Waals surface area contributed by atoms with Gasteiger partial charge in [-0.3, -0.25) is 0 Å². The van der Waals surface area contributed by atoms with E-state index in [4.69, 9.17) is 72.7 Å². The molecule has 59 heavy (non-hydrogen) atoms. The molecule has 0 radical (unpaired) electrons. The summed E-state index contributed by atoms with van der Waals surface area (Å²) in [5.41, 5.74) is 3.42. The molecule has 2 aliphatic heterocycles. The van der Waals surface area contributed by atoms with Crippen LogP contribution in [0.25, 0.3) is 0 Å². The number of ether oxygens (including phenoxy) is 8. The lowest BCUT2D eigenvalue weighted by Crippen LogP contribution is -2.68. The van der Waals surface area contributed by atoms with Gasteiger partial charge < -0.3 is 58.5 Å². The van der Waals surface area contributed by atoms with Crippen LogP contribution in [0.3, 0.4) is 0 Å². The lowest BCUT2D eigenvalue weighted by Gasteiger charge is -2.48. The van der Waals surface area contributed by atoms with Crippen molar-refractivity contribution in [3.8, 4) is 0 Å². The molecule has 0 bridgehead atoms. The fraction of sp³-hybridized carbons (Fsp3) is 0.419. The summed E-state index contributed by atoms with van der Waals surface area (Å²) in [6.07, 6.45) is -12.9. The largest absolute Gasteiger partial charge is 0.445 e. The number of benzene rings is 4. The molecule has 0 aromatic heterocycles. The van der Waals surface area contributed by atoms with Crippen LogP contribution in [0.2, 0.25) is 0 Å². The maximum absolute atomic E-state index is 13.1. The third-order valence-corrected chi connectivity index (χ3v) is 9.94. The summed E-state index contributed by atoms with van der Waals surface area (Å²) in [4.78, 5) is 13.1. The van der Waals surface area contributed by atoms with Gasteiger partial charge in [0.25, 0.3) is 0 Å². The zero-order valence-electron chi connectivity index (χ0n) is 31.9. The van der Waals surface area contributed by atoms with Crippen LogP contribution in [0.1, 0.15) is 22.3 Å². The number of hydrogen-bond acceptors (Lipinski definition) is 12. The van der Waals surface area contributed by atoms with Gasteiger partial charge in [0.1, 0.15) is 55.4 Å². The van der Waals surface area contributed by atoms with Crippen molar-refractivity contribution in [1.29, 1.82) is 0 Å². The number of nitrogens with one attached hydrogen (secondary N) is 1. The highest BCUT2D eigenvalue weighted by Gasteiger charge is 2.53. The Morgan fingerprint density at radius 2 is 1.05 bits per heavy atom. The van der Waals surface area contributed by atoms with Gasteiger partial charge >= 0.3 is 6.09 Å². The summed E-state index contributed by atoms with van der Waals surface area (Å²) in [5.74, 6) is 0. The van der Waals surface area contributed by atoms with Crippen LogP contribution >= 0.6 is 34.8 Å². The van der Waals surface area contributed by atoms with Crippen molar-refractivity contribution >= 4 is 40.9 Å². The number of carbonyl (C=O) groups is 1. The van der Waals surface area contributed by atoms with Crippen molar-refractivity contribution in [1.82, 2.24) is 5.32 Å². The van der Waals surface area contributed by atoms with Crippen molar-refractivity contribution < 1.29 is 58.0 Å². The molecule has 16 heteroatoms. The predicted molar refractivity (Wildman–Crippen MR) is 217 cm³/mol. The van der Waals surface area contributed by atoms with Gasteiger partial charge in [-0.2, -0.15) is 0 Å². The molecule has 2 heterocycles. The van der Waals surface area contributed by atoms with Crippen LogP contribution in [0, 0.1) is 0 Å². The maximum atomic E-state index is 13.1. The van der Waals surface area contributed by atoms with E-state index in [1.807, 2.05) is 121 Å². The molecule has 2 fully saturated rings. The molecular formula is C43H48Cl3NO12. The number of carbonyl (C=O) groups excluding carboxylic acids is 1. The minimum absolute atomic E-state index is 0.0781. The molecule has 10 atom stereocenters. The van der Waals surface area contributed by atoms with E-state index in [2.05, 4.69) is 5.32 Å². The number of rotatable bonds is 18. The highest BCUT2D eigenvalue weighted by Crippen LogP contribution is 2.33. The third kappa shape index (κ3) is 13.8. The lowest BCUT2D eigenvalue weighted by atomic mass is 9.95. The van der Waals surface area contributed by atoms with E-state index in [9.17, 15) is 20.1 Å². The zero-order chi connectivity index (χ0) is 41.6. The van der Waals surface area contributed by atoms with Gasteiger partial charge in [-0.05, 0) is 22.3 Å². The molecular weight excluding hydrogens is 829 g/mol. The van der Waals surface area contributed by atoms with E-state index >= 15 is 0 Å². The monoisotopic (exact) mass is 875 g/mol. The van der Waals surface area contributed by atoms with Crippen molar-refractivity contribution in [2.24, 2.45) is 0 Å². The Kier molecular flexibility index (Phi) is 17.2. The van der Waals surface area contributed by atoms with E-state index in [1.165, 1.54) is 0 Å². The van der Waals surface area contributed by atoms with Gasteiger partial charge in [-0.15, -0.1) is 0 Å². The molecule has 0 unspecified atom stereocenters. The highest BCUT2D eigenvalue weighted by atomic mass is 35.6. The highest BCUT2D eigenvalue weighted by molar-refractivity contribution is 6.67. The fourth-order valence-electron chi connectivity index (χ4n) is 6.65. The Morgan fingerprint density at radius 3 is 1.54 bits per heavy atom. The molecule has 4 aromatic rings. The van der Waals surface area contributed by atoms with Gasteiger partial charge in [0, 0.05) is 0 Å². The lowest BCUT2D eigenvalue weighted by molar-refractivity contribution is -0.353. The van der Waals surface area contributed by atoms with Crippen LogP contribution < -0.4 is 5.32 Å².